The largest absolute Gasteiger partial charge is 0.376 e. The fraction of sp³-hybridized carbons (Fsp3) is 0.333. The van der Waals surface area contributed by atoms with E-state index in [4.69, 9.17) is 17.0 Å². The third-order valence-electron chi connectivity index (χ3n) is 3.90. The second kappa shape index (κ2) is 11.3. The van der Waals surface area contributed by atoms with Crippen molar-refractivity contribution in [2.45, 2.75) is 19.6 Å². The van der Waals surface area contributed by atoms with E-state index < -0.39 is 0 Å². The van der Waals surface area contributed by atoms with Gasteiger partial charge in [-0.15, -0.1) is 24.8 Å². The van der Waals surface area contributed by atoms with Gasteiger partial charge in [0.2, 0.25) is 0 Å². The van der Waals surface area contributed by atoms with Gasteiger partial charge in [0.05, 0.1) is 12.7 Å². The molecule has 8 heteroatoms. The molecule has 3 aromatic rings. The average Bonchev–Trinajstić information content (AvgIpc) is 2.98. The standard InChI is InChI=1S/C12H17NO.C6H5N3S.2ClH/c1-11-9-13(7-8-14-11)10-12-5-3-2-4-6-12;10-6-8-7-5-3-1-2-4-9(5)6;;/h2-6,11H,7-10H2,1H3;1-4H,(H,8,10);2*1H. The summed E-state index contributed by atoms with van der Waals surface area (Å²) >= 11 is 4.93. The van der Waals surface area contributed by atoms with Gasteiger partial charge in [0.25, 0.3) is 0 Å². The molecule has 1 saturated heterocycles. The normalized spacial score (nSPS) is 16.7. The number of nitrogens with one attached hydrogen (secondary N) is 1. The van der Waals surface area contributed by atoms with Crippen LogP contribution >= 0.6 is 37.0 Å². The van der Waals surface area contributed by atoms with E-state index in [0.717, 1.165) is 31.9 Å². The average molecular weight is 415 g/mol. The summed E-state index contributed by atoms with van der Waals surface area (Å²) in [4.78, 5) is 2.45. The van der Waals surface area contributed by atoms with E-state index in [1.807, 2.05) is 28.8 Å². The second-order valence-electron chi connectivity index (χ2n) is 5.86. The highest BCUT2D eigenvalue weighted by Gasteiger charge is 2.16. The minimum Gasteiger partial charge on any atom is -0.376 e. The van der Waals surface area contributed by atoms with Gasteiger partial charge in [-0.25, -0.2) is 0 Å². The smallest absolute Gasteiger partial charge is 0.199 e. The van der Waals surface area contributed by atoms with Crippen molar-refractivity contribution in [3.05, 3.63) is 65.1 Å². The van der Waals surface area contributed by atoms with Gasteiger partial charge in [0.15, 0.2) is 10.4 Å². The molecule has 0 aliphatic carbocycles. The Hall–Kier alpha value is -1.44. The maximum absolute atomic E-state index is 5.50. The van der Waals surface area contributed by atoms with Crippen LogP contribution in [0.2, 0.25) is 0 Å². The minimum atomic E-state index is 0. The van der Waals surface area contributed by atoms with E-state index >= 15 is 0 Å². The number of benzene rings is 1. The Morgan fingerprint density at radius 2 is 1.88 bits per heavy atom. The Labute approximate surface area is 171 Å². The number of fused-ring (bicyclic) bond motifs is 1. The van der Waals surface area contributed by atoms with Crippen molar-refractivity contribution >= 4 is 42.7 Å². The molecule has 1 aliphatic heterocycles. The summed E-state index contributed by atoms with van der Waals surface area (Å²) in [6, 6.07) is 16.3. The fourth-order valence-corrected chi connectivity index (χ4v) is 2.93. The molecule has 26 heavy (non-hydrogen) atoms. The maximum Gasteiger partial charge on any atom is 0.199 e. The number of pyridine rings is 1. The number of morpholine rings is 1. The summed E-state index contributed by atoms with van der Waals surface area (Å²) in [6.07, 6.45) is 2.26. The number of aromatic nitrogens is 3. The van der Waals surface area contributed by atoms with E-state index in [-0.39, 0.29) is 24.8 Å². The monoisotopic (exact) mass is 414 g/mol. The molecule has 1 atom stereocenters. The molecule has 2 aromatic heterocycles. The van der Waals surface area contributed by atoms with Crippen molar-refractivity contribution in [1.29, 1.82) is 0 Å². The van der Waals surface area contributed by atoms with Gasteiger partial charge in [0.1, 0.15) is 0 Å². The number of aromatic amines is 1. The van der Waals surface area contributed by atoms with Gasteiger partial charge in [-0.1, -0.05) is 36.4 Å². The number of ether oxygens (including phenoxy) is 1. The van der Waals surface area contributed by atoms with Gasteiger partial charge >= 0.3 is 0 Å². The molecular weight excluding hydrogens is 391 g/mol. The van der Waals surface area contributed by atoms with Gasteiger partial charge in [-0.3, -0.25) is 14.4 Å². The fourth-order valence-electron chi connectivity index (χ4n) is 2.73. The Morgan fingerprint density at radius 3 is 2.58 bits per heavy atom. The molecule has 0 spiro atoms. The zero-order valence-electron chi connectivity index (χ0n) is 14.6. The van der Waals surface area contributed by atoms with Crippen molar-refractivity contribution < 1.29 is 4.74 Å². The van der Waals surface area contributed by atoms with Crippen LogP contribution in [0.4, 0.5) is 0 Å². The van der Waals surface area contributed by atoms with Crippen LogP contribution in [-0.4, -0.2) is 45.3 Å². The SMILES string of the molecule is CC1CN(Cc2ccccc2)CCO1.Cl.Cl.S=c1[nH]nc2ccccn12. The second-order valence-corrected chi connectivity index (χ2v) is 6.25. The molecule has 1 N–H and O–H groups in total. The van der Waals surface area contributed by atoms with Crippen LogP contribution in [0.5, 0.6) is 0 Å². The molecule has 0 radical (unpaired) electrons. The topological polar surface area (TPSA) is 45.6 Å². The summed E-state index contributed by atoms with van der Waals surface area (Å²) in [5.74, 6) is 0. The molecule has 1 fully saturated rings. The Balaban J connectivity index is 0.000000252. The Morgan fingerprint density at radius 1 is 1.15 bits per heavy atom. The summed E-state index contributed by atoms with van der Waals surface area (Å²) in [5.41, 5.74) is 2.24. The van der Waals surface area contributed by atoms with Crippen LogP contribution in [0.1, 0.15) is 12.5 Å². The molecule has 0 amide bonds. The molecule has 1 unspecified atom stereocenters. The first kappa shape index (κ1) is 22.6. The quantitative estimate of drug-likeness (QED) is 0.639. The predicted octanol–water partition coefficient (Wildman–Crippen LogP) is 4.14. The highest BCUT2D eigenvalue weighted by Crippen LogP contribution is 2.09. The van der Waals surface area contributed by atoms with E-state index in [2.05, 4.69) is 52.4 Å². The van der Waals surface area contributed by atoms with Gasteiger partial charge in [0, 0.05) is 25.8 Å². The van der Waals surface area contributed by atoms with Crippen molar-refractivity contribution in [2.24, 2.45) is 0 Å². The molecular formula is C18H24Cl2N4OS. The van der Waals surface area contributed by atoms with Crippen LogP contribution in [0, 0.1) is 4.77 Å². The van der Waals surface area contributed by atoms with Crippen molar-refractivity contribution in [1.82, 2.24) is 19.5 Å². The molecule has 0 bridgehead atoms. The van der Waals surface area contributed by atoms with E-state index in [0.29, 0.717) is 10.9 Å². The first-order valence-electron chi connectivity index (χ1n) is 8.12. The molecule has 142 valence electrons. The van der Waals surface area contributed by atoms with Crippen molar-refractivity contribution in [3.8, 4) is 0 Å². The highest BCUT2D eigenvalue weighted by molar-refractivity contribution is 7.71. The summed E-state index contributed by atoms with van der Waals surface area (Å²) in [6.45, 7) is 6.16. The van der Waals surface area contributed by atoms with Crippen molar-refractivity contribution in [2.75, 3.05) is 19.7 Å². The van der Waals surface area contributed by atoms with Crippen LogP contribution in [0.3, 0.4) is 0 Å². The lowest BCUT2D eigenvalue weighted by atomic mass is 10.2. The van der Waals surface area contributed by atoms with Crippen LogP contribution in [-0.2, 0) is 11.3 Å². The first-order chi connectivity index (χ1) is 11.7. The molecule has 1 aliphatic rings. The lowest BCUT2D eigenvalue weighted by molar-refractivity contribution is -0.0212. The molecule has 3 heterocycles. The van der Waals surface area contributed by atoms with Crippen LogP contribution in [0.25, 0.3) is 5.65 Å². The number of halogens is 2. The first-order valence-corrected chi connectivity index (χ1v) is 8.53. The third kappa shape index (κ3) is 6.37. The lowest BCUT2D eigenvalue weighted by Gasteiger charge is -2.31. The summed E-state index contributed by atoms with van der Waals surface area (Å²) in [5, 5.41) is 6.66. The molecule has 0 saturated carbocycles. The number of nitrogens with zero attached hydrogens (tertiary/aromatic N) is 3. The molecule has 5 nitrogen and oxygen atoms in total. The van der Waals surface area contributed by atoms with E-state index in [9.17, 15) is 0 Å². The number of H-pyrrole nitrogens is 1. The number of hydrogen-bond acceptors (Lipinski definition) is 4. The number of rotatable bonds is 2. The van der Waals surface area contributed by atoms with Crippen molar-refractivity contribution in [3.63, 3.8) is 0 Å². The minimum absolute atomic E-state index is 0. The zero-order valence-corrected chi connectivity index (χ0v) is 17.0. The predicted molar refractivity (Wildman–Crippen MR) is 112 cm³/mol. The highest BCUT2D eigenvalue weighted by atomic mass is 35.5. The van der Waals surface area contributed by atoms with E-state index in [1.54, 1.807) is 0 Å². The molecule has 4 rings (SSSR count). The third-order valence-corrected chi connectivity index (χ3v) is 4.19. The van der Waals surface area contributed by atoms with Gasteiger partial charge in [-0.2, -0.15) is 5.10 Å². The Bertz CT molecular complexity index is 824. The lowest BCUT2D eigenvalue weighted by Crippen LogP contribution is -2.40. The summed E-state index contributed by atoms with van der Waals surface area (Å²) < 4.78 is 7.95. The zero-order chi connectivity index (χ0) is 16.8. The van der Waals surface area contributed by atoms with E-state index in [1.165, 1.54) is 5.56 Å². The van der Waals surface area contributed by atoms with Gasteiger partial charge < -0.3 is 4.74 Å². The maximum atomic E-state index is 5.50. The Kier molecular flexibility index (Phi) is 9.83. The van der Waals surface area contributed by atoms with Crippen LogP contribution in [0.15, 0.2) is 54.7 Å². The number of hydrogen-bond donors (Lipinski definition) is 1. The van der Waals surface area contributed by atoms with Gasteiger partial charge in [-0.05, 0) is 36.8 Å². The molecule has 1 aromatic carbocycles. The summed E-state index contributed by atoms with van der Waals surface area (Å²) in [7, 11) is 0. The van der Waals surface area contributed by atoms with Crippen LogP contribution < -0.4 is 0 Å².